The van der Waals surface area contributed by atoms with Gasteiger partial charge in [0.2, 0.25) is 0 Å². The molecule has 2 aromatic heterocycles. The van der Waals surface area contributed by atoms with Crippen LogP contribution in [0.3, 0.4) is 0 Å². The van der Waals surface area contributed by atoms with E-state index in [1.165, 1.54) is 10.8 Å². The molecule has 0 unspecified atom stereocenters. The molecule has 6 nitrogen and oxygen atoms in total. The van der Waals surface area contributed by atoms with Gasteiger partial charge < -0.3 is 14.8 Å². The molecule has 1 aliphatic rings. The van der Waals surface area contributed by atoms with Gasteiger partial charge in [0.1, 0.15) is 5.52 Å². The smallest absolute Gasteiger partial charge is 0.277 e. The molecule has 0 radical (unpaired) electrons. The maximum Gasteiger partial charge on any atom is 0.277 e. The third kappa shape index (κ3) is 1.94. The minimum Gasteiger partial charge on any atom is -0.394 e. The number of rotatable bonds is 3. The summed E-state index contributed by atoms with van der Waals surface area (Å²) in [5.74, 6) is -0.161. The highest BCUT2D eigenvalue weighted by Crippen LogP contribution is 2.38. The van der Waals surface area contributed by atoms with E-state index in [9.17, 15) is 14.7 Å². The van der Waals surface area contributed by atoms with E-state index >= 15 is 0 Å². The normalized spacial score (nSPS) is 13.8. The summed E-state index contributed by atoms with van der Waals surface area (Å²) in [5, 5.41) is 19.5. The van der Waals surface area contributed by atoms with Gasteiger partial charge in [-0.3, -0.25) is 14.6 Å². The minimum atomic E-state index is -1.10. The monoisotopic (exact) mass is 322 g/mol. The van der Waals surface area contributed by atoms with Gasteiger partial charge in [-0.25, -0.2) is 0 Å². The molecule has 1 aliphatic carbocycles. The third-order valence-corrected chi connectivity index (χ3v) is 4.29. The molecule has 0 amide bonds. The van der Waals surface area contributed by atoms with Crippen molar-refractivity contribution in [3.05, 3.63) is 64.1 Å². The van der Waals surface area contributed by atoms with Gasteiger partial charge in [0.15, 0.2) is 5.78 Å². The van der Waals surface area contributed by atoms with E-state index in [4.69, 9.17) is 5.11 Å². The summed E-state index contributed by atoms with van der Waals surface area (Å²) in [7, 11) is 0. The summed E-state index contributed by atoms with van der Waals surface area (Å²) in [6, 6.07) is 10.5. The first-order chi connectivity index (χ1) is 11.6. The number of aromatic nitrogens is 2. The predicted octanol–water partition coefficient (Wildman–Crippen LogP) is 0.961. The number of carbonyl (C=O) groups excluding carboxylic acids is 1. The Morgan fingerprint density at radius 1 is 1.08 bits per heavy atom. The topological polar surface area (TPSA) is 92.4 Å². The first kappa shape index (κ1) is 14.7. The van der Waals surface area contributed by atoms with Crippen LogP contribution in [0.4, 0.5) is 0 Å². The van der Waals surface area contributed by atoms with Gasteiger partial charge in [-0.15, -0.1) is 0 Å². The highest BCUT2D eigenvalue weighted by Gasteiger charge is 2.32. The lowest BCUT2D eigenvalue weighted by Crippen LogP contribution is -2.30. The molecule has 24 heavy (non-hydrogen) atoms. The van der Waals surface area contributed by atoms with E-state index in [1.807, 2.05) is 0 Å². The lowest BCUT2D eigenvalue weighted by atomic mass is 10.1. The number of ketones is 1. The molecule has 0 spiro atoms. The molecule has 2 heterocycles. The molecule has 2 N–H and O–H groups in total. The summed E-state index contributed by atoms with van der Waals surface area (Å²) in [6.45, 7) is -0.580. The lowest BCUT2D eigenvalue weighted by molar-refractivity contribution is 0.0808. The van der Waals surface area contributed by atoms with Crippen molar-refractivity contribution >= 4 is 16.7 Å². The number of aliphatic hydroxyl groups excluding tert-OH is 2. The van der Waals surface area contributed by atoms with Gasteiger partial charge in [0.25, 0.3) is 5.56 Å². The Labute approximate surface area is 136 Å². The fraction of sp³-hybridized carbons (Fsp3) is 0.167. The number of benzene rings is 1. The van der Waals surface area contributed by atoms with Crippen LogP contribution in [0.5, 0.6) is 0 Å². The molecule has 6 heteroatoms. The Morgan fingerprint density at radius 2 is 1.83 bits per heavy atom. The number of carbonyl (C=O) groups is 1. The zero-order valence-corrected chi connectivity index (χ0v) is 12.6. The maximum atomic E-state index is 12.9. The van der Waals surface area contributed by atoms with Crippen LogP contribution in [0, 0.1) is 0 Å². The second kappa shape index (κ2) is 5.36. The summed E-state index contributed by atoms with van der Waals surface area (Å²) in [4.78, 5) is 29.8. The average Bonchev–Trinajstić information content (AvgIpc) is 2.92. The van der Waals surface area contributed by atoms with Crippen molar-refractivity contribution in [2.45, 2.75) is 12.6 Å². The Morgan fingerprint density at radius 3 is 2.58 bits per heavy atom. The van der Waals surface area contributed by atoms with Gasteiger partial charge in [0.05, 0.1) is 30.5 Å². The van der Waals surface area contributed by atoms with E-state index in [0.29, 0.717) is 27.8 Å². The van der Waals surface area contributed by atoms with E-state index in [2.05, 4.69) is 4.98 Å². The molecular weight excluding hydrogens is 308 g/mol. The molecule has 0 bridgehead atoms. The summed E-state index contributed by atoms with van der Waals surface area (Å²) in [5.41, 5.74) is 1.88. The molecule has 1 atom stereocenters. The highest BCUT2D eigenvalue weighted by molar-refractivity contribution is 6.26. The van der Waals surface area contributed by atoms with Crippen molar-refractivity contribution < 1.29 is 15.0 Å². The van der Waals surface area contributed by atoms with Crippen molar-refractivity contribution in [1.29, 1.82) is 0 Å². The number of aliphatic hydroxyl groups is 2. The van der Waals surface area contributed by atoms with E-state index in [1.54, 1.807) is 36.4 Å². The molecule has 0 fully saturated rings. The number of hydrogen-bond acceptors (Lipinski definition) is 5. The largest absolute Gasteiger partial charge is 0.394 e. The van der Waals surface area contributed by atoms with Crippen molar-refractivity contribution in [3.8, 4) is 11.3 Å². The van der Waals surface area contributed by atoms with Crippen molar-refractivity contribution in [1.82, 2.24) is 9.55 Å². The zero-order valence-electron chi connectivity index (χ0n) is 12.6. The Kier molecular flexibility index (Phi) is 3.30. The van der Waals surface area contributed by atoms with Crippen LogP contribution in [0.25, 0.3) is 22.2 Å². The Hall–Kier alpha value is -2.83. The van der Waals surface area contributed by atoms with E-state index in [-0.39, 0.29) is 23.4 Å². The quantitative estimate of drug-likeness (QED) is 0.586. The van der Waals surface area contributed by atoms with Crippen LogP contribution in [0.1, 0.15) is 15.9 Å². The lowest BCUT2D eigenvalue weighted by Gasteiger charge is -2.16. The second-order valence-electron chi connectivity index (χ2n) is 5.75. The third-order valence-electron chi connectivity index (χ3n) is 4.29. The first-order valence-corrected chi connectivity index (χ1v) is 7.58. The SMILES string of the molecule is O=C1c2ccccc2-c2c1c1cccnc1c(=O)n2C[C@H](O)CO. The number of hydrogen-bond donors (Lipinski definition) is 2. The Bertz CT molecular complexity index is 1040. The number of fused-ring (bicyclic) bond motifs is 5. The van der Waals surface area contributed by atoms with Crippen LogP contribution in [0.2, 0.25) is 0 Å². The van der Waals surface area contributed by atoms with E-state index < -0.39 is 12.7 Å². The fourth-order valence-electron chi connectivity index (χ4n) is 3.24. The van der Waals surface area contributed by atoms with Gasteiger partial charge in [-0.05, 0) is 6.07 Å². The van der Waals surface area contributed by atoms with E-state index in [0.717, 1.165) is 0 Å². The molecule has 4 rings (SSSR count). The molecule has 0 saturated heterocycles. The predicted molar refractivity (Wildman–Crippen MR) is 88.0 cm³/mol. The Balaban J connectivity index is 2.15. The van der Waals surface area contributed by atoms with Gasteiger partial charge in [-0.1, -0.05) is 30.3 Å². The van der Waals surface area contributed by atoms with Gasteiger partial charge >= 0.3 is 0 Å². The molecule has 120 valence electrons. The zero-order chi connectivity index (χ0) is 16.8. The van der Waals surface area contributed by atoms with Crippen molar-refractivity contribution in [2.24, 2.45) is 0 Å². The van der Waals surface area contributed by atoms with Crippen LogP contribution in [0.15, 0.2) is 47.4 Å². The van der Waals surface area contributed by atoms with Crippen LogP contribution < -0.4 is 5.56 Å². The molecular formula is C18H14N2O4. The fourth-order valence-corrected chi connectivity index (χ4v) is 3.24. The average molecular weight is 322 g/mol. The second-order valence-corrected chi connectivity index (χ2v) is 5.75. The molecule has 0 aliphatic heterocycles. The minimum absolute atomic E-state index is 0.105. The van der Waals surface area contributed by atoms with Crippen LogP contribution >= 0.6 is 0 Å². The van der Waals surface area contributed by atoms with Gasteiger partial charge in [-0.2, -0.15) is 0 Å². The van der Waals surface area contributed by atoms with Crippen molar-refractivity contribution in [2.75, 3.05) is 6.61 Å². The molecule has 1 aromatic carbocycles. The van der Waals surface area contributed by atoms with Crippen molar-refractivity contribution in [3.63, 3.8) is 0 Å². The number of pyridine rings is 2. The van der Waals surface area contributed by atoms with Gasteiger partial charge in [0, 0.05) is 22.7 Å². The standard InChI is InChI=1S/C18H14N2O4/c21-9-10(22)8-20-16-11-4-1-2-5-12(11)17(23)14(16)13-6-3-7-19-15(13)18(20)24/h1-7,10,21-22H,8-9H2/t10-/m0/s1. The molecule has 0 saturated carbocycles. The summed E-state index contributed by atoms with van der Waals surface area (Å²) in [6.07, 6.45) is 0.394. The number of nitrogens with zero attached hydrogens (tertiary/aromatic N) is 2. The maximum absolute atomic E-state index is 12.9. The first-order valence-electron chi connectivity index (χ1n) is 7.58. The molecule has 3 aromatic rings. The highest BCUT2D eigenvalue weighted by atomic mass is 16.3. The summed E-state index contributed by atoms with van der Waals surface area (Å²) >= 11 is 0. The van der Waals surface area contributed by atoms with Crippen LogP contribution in [-0.4, -0.2) is 38.3 Å². The van der Waals surface area contributed by atoms with Crippen LogP contribution in [-0.2, 0) is 6.54 Å². The summed E-state index contributed by atoms with van der Waals surface area (Å²) < 4.78 is 1.34.